The van der Waals surface area contributed by atoms with Crippen molar-refractivity contribution in [2.24, 2.45) is 0 Å². The molecule has 0 radical (unpaired) electrons. The number of alkyl halides is 3. The first-order valence-electron chi connectivity index (χ1n) is 5.57. The second kappa shape index (κ2) is 5.61. The van der Waals surface area contributed by atoms with Crippen LogP contribution in [-0.2, 0) is 0 Å². The predicted molar refractivity (Wildman–Crippen MR) is 65.7 cm³/mol. The van der Waals surface area contributed by atoms with Gasteiger partial charge in [-0.15, -0.1) is 0 Å². The molecule has 0 aliphatic rings. The fraction of sp³-hybridized carbons (Fsp3) is 0.400. The number of hydrogen-bond donors (Lipinski definition) is 1. The molecule has 1 atom stereocenters. The van der Waals surface area contributed by atoms with E-state index in [0.717, 1.165) is 0 Å². The van der Waals surface area contributed by atoms with Crippen LogP contribution in [0.3, 0.4) is 0 Å². The van der Waals surface area contributed by atoms with E-state index in [1.165, 1.54) is 24.0 Å². The minimum absolute atomic E-state index is 0.0227. The average Bonchev–Trinajstić information content (AvgIpc) is 2.78. The molecule has 0 aromatic carbocycles. The Balaban J connectivity index is 2.16. The number of nitrogens with one attached hydrogen (secondary N) is 1. The van der Waals surface area contributed by atoms with Gasteiger partial charge in [0.1, 0.15) is 6.33 Å². The monoisotopic (exact) mass is 306 g/mol. The first kappa shape index (κ1) is 14.5. The molecule has 2 heterocycles. The van der Waals surface area contributed by atoms with Crippen molar-refractivity contribution in [2.75, 3.05) is 5.32 Å². The highest BCUT2D eigenvalue weighted by molar-refractivity contribution is 6.28. The molecule has 0 aliphatic carbocycles. The zero-order chi connectivity index (χ0) is 14.8. The summed E-state index contributed by atoms with van der Waals surface area (Å²) >= 11 is 5.73. The lowest BCUT2D eigenvalue weighted by Gasteiger charge is -2.15. The van der Waals surface area contributed by atoms with Crippen LogP contribution in [0.1, 0.15) is 13.3 Å². The minimum Gasteiger partial charge on any atom is -0.351 e. The molecule has 0 fully saturated rings. The van der Waals surface area contributed by atoms with E-state index in [1.54, 1.807) is 6.20 Å². The van der Waals surface area contributed by atoms with Crippen molar-refractivity contribution in [3.8, 4) is 5.95 Å². The standard InChI is InChI=1S/C10H10ClF3N6/c1-6(4-10(12,13)14)16-8-17-7(11)18-9(19-8)20-3-2-15-5-20/h2-3,5-6H,4H2,1H3,(H,16,17,18,19). The summed E-state index contributed by atoms with van der Waals surface area (Å²) in [4.78, 5) is 15.4. The van der Waals surface area contributed by atoms with Gasteiger partial charge in [0.05, 0.1) is 6.42 Å². The van der Waals surface area contributed by atoms with Gasteiger partial charge < -0.3 is 5.32 Å². The van der Waals surface area contributed by atoms with E-state index in [-0.39, 0.29) is 17.2 Å². The Morgan fingerprint density at radius 2 is 2.10 bits per heavy atom. The average molecular weight is 307 g/mol. The normalized spacial score (nSPS) is 13.2. The SMILES string of the molecule is CC(CC(F)(F)F)Nc1nc(Cl)nc(-n2ccnc2)n1. The summed E-state index contributed by atoms with van der Waals surface area (Å²) in [6.45, 7) is 1.38. The summed E-state index contributed by atoms with van der Waals surface area (Å²) in [5.74, 6) is 0.148. The molecule has 2 aromatic rings. The third kappa shape index (κ3) is 4.05. The molecule has 0 aliphatic heterocycles. The maximum atomic E-state index is 12.3. The van der Waals surface area contributed by atoms with Gasteiger partial charge in [0.15, 0.2) is 0 Å². The van der Waals surface area contributed by atoms with Crippen molar-refractivity contribution < 1.29 is 13.2 Å². The van der Waals surface area contributed by atoms with E-state index in [9.17, 15) is 13.2 Å². The van der Waals surface area contributed by atoms with Crippen LogP contribution in [0.25, 0.3) is 5.95 Å². The Labute approximate surface area is 117 Å². The third-order valence-corrected chi connectivity index (χ3v) is 2.41. The van der Waals surface area contributed by atoms with Crippen molar-refractivity contribution in [2.45, 2.75) is 25.6 Å². The van der Waals surface area contributed by atoms with Crippen molar-refractivity contribution in [3.63, 3.8) is 0 Å². The van der Waals surface area contributed by atoms with E-state index in [0.29, 0.717) is 0 Å². The summed E-state index contributed by atoms with van der Waals surface area (Å²) in [7, 11) is 0. The second-order valence-electron chi connectivity index (χ2n) is 4.06. The van der Waals surface area contributed by atoms with E-state index >= 15 is 0 Å². The molecule has 0 spiro atoms. The molecule has 10 heteroatoms. The summed E-state index contributed by atoms with van der Waals surface area (Å²) in [6, 6.07) is -0.885. The van der Waals surface area contributed by atoms with Crippen molar-refractivity contribution in [1.29, 1.82) is 0 Å². The quantitative estimate of drug-likeness (QED) is 0.939. The van der Waals surface area contributed by atoms with Crippen LogP contribution in [0.4, 0.5) is 19.1 Å². The molecule has 1 unspecified atom stereocenters. The summed E-state index contributed by atoms with van der Waals surface area (Å²) < 4.78 is 38.2. The number of halogens is 4. The lowest BCUT2D eigenvalue weighted by Crippen LogP contribution is -2.25. The lowest BCUT2D eigenvalue weighted by molar-refractivity contribution is -0.136. The molecule has 2 aromatic heterocycles. The highest BCUT2D eigenvalue weighted by atomic mass is 35.5. The Kier molecular flexibility index (Phi) is 4.07. The van der Waals surface area contributed by atoms with Crippen LogP contribution < -0.4 is 5.32 Å². The smallest absolute Gasteiger partial charge is 0.351 e. The Bertz CT molecular complexity index is 571. The molecule has 0 bridgehead atoms. The zero-order valence-corrected chi connectivity index (χ0v) is 11.0. The van der Waals surface area contributed by atoms with Gasteiger partial charge in [-0.1, -0.05) is 0 Å². The van der Waals surface area contributed by atoms with Gasteiger partial charge >= 0.3 is 6.18 Å². The number of rotatable bonds is 4. The van der Waals surface area contributed by atoms with Gasteiger partial charge in [-0.25, -0.2) is 4.98 Å². The molecular weight excluding hydrogens is 297 g/mol. The number of aromatic nitrogens is 5. The molecule has 0 saturated heterocycles. The molecule has 20 heavy (non-hydrogen) atoms. The van der Waals surface area contributed by atoms with E-state index in [4.69, 9.17) is 11.6 Å². The maximum Gasteiger partial charge on any atom is 0.391 e. The van der Waals surface area contributed by atoms with Crippen LogP contribution in [0, 0.1) is 0 Å². The maximum absolute atomic E-state index is 12.3. The van der Waals surface area contributed by atoms with Gasteiger partial charge in [-0.05, 0) is 18.5 Å². The predicted octanol–water partition coefficient (Wildman–Crippen LogP) is 2.46. The topological polar surface area (TPSA) is 68.5 Å². The lowest BCUT2D eigenvalue weighted by atomic mass is 10.2. The van der Waals surface area contributed by atoms with Crippen LogP contribution in [0.2, 0.25) is 5.28 Å². The highest BCUT2D eigenvalue weighted by Crippen LogP contribution is 2.22. The van der Waals surface area contributed by atoms with Crippen LogP contribution in [0.15, 0.2) is 18.7 Å². The largest absolute Gasteiger partial charge is 0.391 e. The Hall–Kier alpha value is -1.90. The molecule has 0 saturated carbocycles. The molecule has 108 valence electrons. The first-order valence-corrected chi connectivity index (χ1v) is 5.94. The fourth-order valence-corrected chi connectivity index (χ4v) is 1.67. The highest BCUT2D eigenvalue weighted by Gasteiger charge is 2.30. The summed E-state index contributed by atoms with van der Waals surface area (Å²) in [6.07, 6.45) is -0.743. The molecule has 1 N–H and O–H groups in total. The van der Waals surface area contributed by atoms with E-state index in [2.05, 4.69) is 25.3 Å². The van der Waals surface area contributed by atoms with Crippen molar-refractivity contribution >= 4 is 17.5 Å². The number of hydrogen-bond acceptors (Lipinski definition) is 5. The van der Waals surface area contributed by atoms with Gasteiger partial charge in [0.25, 0.3) is 0 Å². The number of nitrogens with zero attached hydrogens (tertiary/aromatic N) is 5. The Morgan fingerprint density at radius 1 is 1.35 bits per heavy atom. The van der Waals surface area contributed by atoms with Gasteiger partial charge in [0, 0.05) is 18.4 Å². The van der Waals surface area contributed by atoms with Crippen LogP contribution >= 0.6 is 11.6 Å². The van der Waals surface area contributed by atoms with Crippen LogP contribution in [-0.4, -0.2) is 36.7 Å². The molecule has 2 rings (SSSR count). The fourth-order valence-electron chi connectivity index (χ4n) is 1.52. The van der Waals surface area contributed by atoms with Crippen molar-refractivity contribution in [1.82, 2.24) is 24.5 Å². The van der Waals surface area contributed by atoms with Crippen molar-refractivity contribution in [3.05, 3.63) is 24.0 Å². The molecule has 6 nitrogen and oxygen atoms in total. The molecule has 0 amide bonds. The zero-order valence-electron chi connectivity index (χ0n) is 10.3. The second-order valence-corrected chi connectivity index (χ2v) is 4.40. The minimum atomic E-state index is -4.27. The summed E-state index contributed by atoms with van der Waals surface area (Å²) in [5.41, 5.74) is 0. The van der Waals surface area contributed by atoms with Crippen LogP contribution in [0.5, 0.6) is 0 Å². The van der Waals surface area contributed by atoms with E-state index < -0.39 is 18.6 Å². The van der Waals surface area contributed by atoms with Gasteiger partial charge in [-0.2, -0.15) is 28.1 Å². The summed E-state index contributed by atoms with van der Waals surface area (Å²) in [5, 5.41) is 2.42. The van der Waals surface area contributed by atoms with Gasteiger partial charge in [0.2, 0.25) is 17.2 Å². The number of imidazole rings is 1. The van der Waals surface area contributed by atoms with Gasteiger partial charge in [-0.3, -0.25) is 4.57 Å². The third-order valence-electron chi connectivity index (χ3n) is 2.24. The first-order chi connectivity index (χ1) is 9.33. The molecular formula is C10H10ClF3N6. The van der Waals surface area contributed by atoms with E-state index in [1.807, 2.05) is 0 Å². The number of anilines is 1. The Morgan fingerprint density at radius 3 is 2.70 bits per heavy atom.